The van der Waals surface area contributed by atoms with E-state index in [9.17, 15) is 0 Å². The van der Waals surface area contributed by atoms with Crippen LogP contribution in [0.2, 0.25) is 5.02 Å². The van der Waals surface area contributed by atoms with Gasteiger partial charge in [-0.2, -0.15) is 0 Å². The molecule has 2 aromatic rings. The molecule has 1 aliphatic carbocycles. The van der Waals surface area contributed by atoms with Gasteiger partial charge in [0.2, 0.25) is 0 Å². The van der Waals surface area contributed by atoms with E-state index in [1.165, 1.54) is 0 Å². The highest BCUT2D eigenvalue weighted by molar-refractivity contribution is 6.33. The largest absolute Gasteiger partial charge is 0.325 e. The van der Waals surface area contributed by atoms with Crippen molar-refractivity contribution in [3.8, 4) is 11.3 Å². The van der Waals surface area contributed by atoms with Crippen molar-refractivity contribution >= 4 is 11.6 Å². The molecule has 1 fully saturated rings. The van der Waals surface area contributed by atoms with E-state index in [2.05, 4.69) is 10.3 Å². The van der Waals surface area contributed by atoms with Gasteiger partial charge in [0.15, 0.2) is 0 Å². The second-order valence-electron chi connectivity index (χ2n) is 4.24. The zero-order valence-corrected chi connectivity index (χ0v) is 10.1. The predicted molar refractivity (Wildman–Crippen MR) is 66.6 cm³/mol. The molecule has 0 radical (unpaired) electrons. The Labute approximate surface area is 104 Å². The maximum Gasteiger partial charge on any atom is 0.104 e. The summed E-state index contributed by atoms with van der Waals surface area (Å²) in [5, 5.41) is 9.05. The van der Waals surface area contributed by atoms with Gasteiger partial charge in [0.05, 0.1) is 16.8 Å². The summed E-state index contributed by atoms with van der Waals surface area (Å²) in [6.07, 6.45) is 2.32. The van der Waals surface area contributed by atoms with Gasteiger partial charge in [0.25, 0.3) is 0 Å². The summed E-state index contributed by atoms with van der Waals surface area (Å²) in [5.74, 6) is 0. The Bertz CT molecular complexity index is 545. The van der Waals surface area contributed by atoms with Gasteiger partial charge in [0, 0.05) is 12.1 Å². The molecule has 0 amide bonds. The molecule has 5 heteroatoms. The standard InChI is InChI=1S/C12H13ClN4/c13-10-4-2-1-3-9(10)12-11(7-14)15-16-17(12)8-5-6-8/h1-4,8H,5-7,14H2. The van der Waals surface area contributed by atoms with Gasteiger partial charge in [-0.1, -0.05) is 35.0 Å². The van der Waals surface area contributed by atoms with Gasteiger partial charge >= 0.3 is 0 Å². The summed E-state index contributed by atoms with van der Waals surface area (Å²) < 4.78 is 1.96. The minimum Gasteiger partial charge on any atom is -0.325 e. The minimum absolute atomic E-state index is 0.382. The number of halogens is 1. The highest BCUT2D eigenvalue weighted by Crippen LogP contribution is 2.39. The average Bonchev–Trinajstić information content (AvgIpc) is 3.10. The first-order valence-corrected chi connectivity index (χ1v) is 6.08. The van der Waals surface area contributed by atoms with Crippen LogP contribution in [-0.4, -0.2) is 15.0 Å². The maximum atomic E-state index is 6.23. The molecule has 3 rings (SSSR count). The average molecular weight is 249 g/mol. The van der Waals surface area contributed by atoms with E-state index in [0.717, 1.165) is 29.8 Å². The first-order chi connectivity index (χ1) is 8.31. The van der Waals surface area contributed by atoms with Gasteiger partial charge in [0.1, 0.15) is 5.69 Å². The number of nitrogens with two attached hydrogens (primary N) is 1. The summed E-state index contributed by atoms with van der Waals surface area (Å²) in [4.78, 5) is 0. The molecule has 88 valence electrons. The van der Waals surface area contributed by atoms with Crippen molar-refractivity contribution in [1.82, 2.24) is 15.0 Å². The minimum atomic E-state index is 0.382. The predicted octanol–water partition coefficient (Wildman–Crippen LogP) is 2.39. The highest BCUT2D eigenvalue weighted by Gasteiger charge is 2.29. The molecule has 0 unspecified atom stereocenters. The van der Waals surface area contributed by atoms with Crippen LogP contribution in [0, 0.1) is 0 Å². The first kappa shape index (κ1) is 10.7. The third-order valence-electron chi connectivity index (χ3n) is 2.98. The first-order valence-electron chi connectivity index (χ1n) is 5.70. The van der Waals surface area contributed by atoms with Crippen LogP contribution in [0.4, 0.5) is 0 Å². The van der Waals surface area contributed by atoms with E-state index < -0.39 is 0 Å². The molecular formula is C12H13ClN4. The lowest BCUT2D eigenvalue weighted by atomic mass is 10.1. The molecule has 17 heavy (non-hydrogen) atoms. The molecule has 1 heterocycles. The maximum absolute atomic E-state index is 6.23. The fourth-order valence-electron chi connectivity index (χ4n) is 1.97. The van der Waals surface area contributed by atoms with Gasteiger partial charge in [-0.15, -0.1) is 5.10 Å². The summed E-state index contributed by atoms with van der Waals surface area (Å²) >= 11 is 6.23. The second-order valence-corrected chi connectivity index (χ2v) is 4.65. The third kappa shape index (κ3) is 1.83. The van der Waals surface area contributed by atoms with E-state index in [1.54, 1.807) is 0 Å². The lowest BCUT2D eigenvalue weighted by Gasteiger charge is -2.08. The van der Waals surface area contributed by atoms with E-state index >= 15 is 0 Å². The Balaban J connectivity index is 2.18. The fraction of sp³-hybridized carbons (Fsp3) is 0.333. The number of hydrogen-bond acceptors (Lipinski definition) is 3. The van der Waals surface area contributed by atoms with E-state index in [4.69, 9.17) is 17.3 Å². The Kier molecular flexibility index (Phi) is 2.61. The normalized spacial score (nSPS) is 15.2. The van der Waals surface area contributed by atoms with Gasteiger partial charge < -0.3 is 5.73 Å². The molecule has 0 atom stereocenters. The number of aromatic nitrogens is 3. The topological polar surface area (TPSA) is 56.7 Å². The summed E-state index contributed by atoms with van der Waals surface area (Å²) in [7, 11) is 0. The van der Waals surface area contributed by atoms with Crippen LogP contribution >= 0.6 is 11.6 Å². The van der Waals surface area contributed by atoms with Gasteiger partial charge in [-0.25, -0.2) is 4.68 Å². The molecule has 1 aromatic carbocycles. The highest BCUT2D eigenvalue weighted by atomic mass is 35.5. The van der Waals surface area contributed by atoms with Crippen molar-refractivity contribution in [3.05, 3.63) is 35.0 Å². The van der Waals surface area contributed by atoms with Crippen molar-refractivity contribution in [2.24, 2.45) is 5.73 Å². The quantitative estimate of drug-likeness (QED) is 0.908. The Morgan fingerprint density at radius 2 is 2.12 bits per heavy atom. The van der Waals surface area contributed by atoms with Crippen LogP contribution in [0.1, 0.15) is 24.6 Å². The monoisotopic (exact) mass is 248 g/mol. The number of hydrogen-bond donors (Lipinski definition) is 1. The molecule has 0 bridgehead atoms. The van der Waals surface area contributed by atoms with Crippen LogP contribution in [0.5, 0.6) is 0 Å². The summed E-state index contributed by atoms with van der Waals surface area (Å²) in [6, 6.07) is 8.21. The van der Waals surface area contributed by atoms with Crippen LogP contribution in [0.3, 0.4) is 0 Å². The molecule has 0 aliphatic heterocycles. The molecule has 2 N–H and O–H groups in total. The molecule has 1 saturated carbocycles. The lowest BCUT2D eigenvalue weighted by Crippen LogP contribution is -2.03. The third-order valence-corrected chi connectivity index (χ3v) is 3.31. The van der Waals surface area contributed by atoms with Crippen molar-refractivity contribution in [2.45, 2.75) is 25.4 Å². The summed E-state index contributed by atoms with van der Waals surface area (Å²) in [5.41, 5.74) is 8.46. The Morgan fingerprint density at radius 1 is 1.35 bits per heavy atom. The number of benzene rings is 1. The lowest BCUT2D eigenvalue weighted by molar-refractivity contribution is 0.616. The van der Waals surface area contributed by atoms with E-state index in [0.29, 0.717) is 17.6 Å². The Hall–Kier alpha value is -1.39. The molecular weight excluding hydrogens is 236 g/mol. The van der Waals surface area contributed by atoms with Crippen LogP contribution in [0.25, 0.3) is 11.3 Å². The van der Waals surface area contributed by atoms with Crippen molar-refractivity contribution < 1.29 is 0 Å². The molecule has 0 spiro atoms. The fourth-order valence-corrected chi connectivity index (χ4v) is 2.20. The molecule has 1 aliphatic rings. The van der Waals surface area contributed by atoms with Gasteiger partial charge in [-0.3, -0.25) is 0 Å². The smallest absolute Gasteiger partial charge is 0.104 e. The van der Waals surface area contributed by atoms with Crippen molar-refractivity contribution in [2.75, 3.05) is 0 Å². The van der Waals surface area contributed by atoms with Crippen molar-refractivity contribution in [3.63, 3.8) is 0 Å². The number of rotatable bonds is 3. The number of nitrogens with zero attached hydrogens (tertiary/aromatic N) is 3. The van der Waals surface area contributed by atoms with Gasteiger partial charge in [-0.05, 0) is 18.9 Å². The molecule has 1 aromatic heterocycles. The van der Waals surface area contributed by atoms with Crippen LogP contribution in [-0.2, 0) is 6.54 Å². The second kappa shape index (κ2) is 4.13. The zero-order valence-electron chi connectivity index (χ0n) is 9.31. The zero-order chi connectivity index (χ0) is 11.8. The van der Waals surface area contributed by atoms with E-state index in [1.807, 2.05) is 28.9 Å². The van der Waals surface area contributed by atoms with Crippen LogP contribution in [0.15, 0.2) is 24.3 Å². The molecule has 0 saturated heterocycles. The molecule has 4 nitrogen and oxygen atoms in total. The summed E-state index contributed by atoms with van der Waals surface area (Å²) in [6.45, 7) is 0.382. The van der Waals surface area contributed by atoms with E-state index in [-0.39, 0.29) is 0 Å². The SMILES string of the molecule is NCc1nnn(C2CC2)c1-c1ccccc1Cl. The van der Waals surface area contributed by atoms with Crippen LogP contribution < -0.4 is 5.73 Å². The Morgan fingerprint density at radius 3 is 2.76 bits per heavy atom. The van der Waals surface area contributed by atoms with Crippen molar-refractivity contribution in [1.29, 1.82) is 0 Å².